The van der Waals surface area contributed by atoms with Crippen molar-refractivity contribution in [2.24, 2.45) is 0 Å². The molecule has 0 aliphatic carbocycles. The average Bonchev–Trinajstić information content (AvgIpc) is 2.78. The fourth-order valence-electron chi connectivity index (χ4n) is 4.24. The molecule has 0 fully saturated rings. The van der Waals surface area contributed by atoms with Crippen LogP contribution < -0.4 is 9.80 Å². The number of hydrogen-bond donors (Lipinski definition) is 0. The highest BCUT2D eigenvalue weighted by Gasteiger charge is 2.22. The van der Waals surface area contributed by atoms with Crippen LogP contribution in [0.2, 0.25) is 0 Å². The van der Waals surface area contributed by atoms with E-state index < -0.39 is 0 Å². The number of fused-ring (bicyclic) bond motifs is 6. The normalized spacial score (nSPS) is 12.5. The van der Waals surface area contributed by atoms with E-state index in [9.17, 15) is 0 Å². The topological polar surface area (TPSA) is 6.48 Å². The van der Waals surface area contributed by atoms with Crippen LogP contribution in [0.4, 0.5) is 22.7 Å². The summed E-state index contributed by atoms with van der Waals surface area (Å²) in [4.78, 5) is 4.62. The van der Waals surface area contributed by atoms with Gasteiger partial charge in [-0.3, -0.25) is 0 Å². The molecule has 0 N–H and O–H groups in total. The molecule has 0 unspecified atom stereocenters. The van der Waals surface area contributed by atoms with Crippen LogP contribution in [0.3, 0.4) is 0 Å². The van der Waals surface area contributed by atoms with E-state index in [1.165, 1.54) is 45.0 Å². The Bertz CT molecular complexity index is 978. The molecule has 0 amide bonds. The summed E-state index contributed by atoms with van der Waals surface area (Å²) in [5.41, 5.74) is 9.77. The third-order valence-electron chi connectivity index (χ3n) is 5.64. The smallest absolute Gasteiger partial charge is 0.0488 e. The summed E-state index contributed by atoms with van der Waals surface area (Å²) in [5, 5.41) is 0. The van der Waals surface area contributed by atoms with Crippen molar-refractivity contribution in [3.05, 3.63) is 97.1 Å². The molecular weight excluding hydrogens is 340 g/mol. The zero-order valence-corrected chi connectivity index (χ0v) is 16.1. The minimum atomic E-state index is 1.20. The van der Waals surface area contributed by atoms with E-state index in [0.29, 0.717) is 0 Å². The molecule has 2 nitrogen and oxygen atoms in total. The fraction of sp³-hybridized carbons (Fsp3) is 0.0769. The summed E-state index contributed by atoms with van der Waals surface area (Å²) in [6, 6.07) is 34.6. The molecule has 0 spiro atoms. The van der Waals surface area contributed by atoms with E-state index in [2.05, 4.69) is 121 Å². The van der Waals surface area contributed by atoms with Crippen molar-refractivity contribution in [2.75, 3.05) is 23.9 Å². The highest BCUT2D eigenvalue weighted by Crippen LogP contribution is 2.46. The van der Waals surface area contributed by atoms with Crippen molar-refractivity contribution in [1.29, 1.82) is 0 Å². The van der Waals surface area contributed by atoms with Gasteiger partial charge < -0.3 is 9.80 Å². The molecule has 5 rings (SSSR count). The molecule has 1 aliphatic rings. The third kappa shape index (κ3) is 2.49. The maximum atomic E-state index is 2.31. The Morgan fingerprint density at radius 2 is 0.571 bits per heavy atom. The fourth-order valence-corrected chi connectivity index (χ4v) is 4.24. The molecule has 136 valence electrons. The van der Waals surface area contributed by atoms with Crippen LogP contribution >= 0.6 is 0 Å². The van der Waals surface area contributed by atoms with Crippen LogP contribution in [0.15, 0.2) is 97.1 Å². The lowest BCUT2D eigenvalue weighted by Crippen LogP contribution is -2.16. The number of nitrogens with zero attached hydrogens (tertiary/aromatic N) is 2. The van der Waals surface area contributed by atoms with Gasteiger partial charge in [0.25, 0.3) is 0 Å². The minimum absolute atomic E-state index is 1.20. The predicted molar refractivity (Wildman–Crippen MR) is 120 cm³/mol. The molecule has 0 atom stereocenters. The molecule has 0 saturated heterocycles. The van der Waals surface area contributed by atoms with Crippen LogP contribution in [0.5, 0.6) is 0 Å². The van der Waals surface area contributed by atoms with Crippen LogP contribution in [0.25, 0.3) is 22.3 Å². The molecule has 4 aromatic rings. The van der Waals surface area contributed by atoms with Crippen LogP contribution in [0.1, 0.15) is 0 Å². The van der Waals surface area contributed by atoms with Crippen LogP contribution in [-0.4, -0.2) is 14.1 Å². The summed E-state index contributed by atoms with van der Waals surface area (Å²) < 4.78 is 0. The Kier molecular flexibility index (Phi) is 3.91. The van der Waals surface area contributed by atoms with Crippen molar-refractivity contribution in [3.63, 3.8) is 0 Å². The van der Waals surface area contributed by atoms with E-state index in [-0.39, 0.29) is 0 Å². The first-order chi connectivity index (χ1) is 13.8. The minimum Gasteiger partial charge on any atom is -0.344 e. The molecule has 0 bridgehead atoms. The number of benzene rings is 4. The Morgan fingerprint density at radius 1 is 0.357 bits per heavy atom. The van der Waals surface area contributed by atoms with Gasteiger partial charge in [0.1, 0.15) is 0 Å². The number of hydrogen-bond acceptors (Lipinski definition) is 2. The monoisotopic (exact) mass is 362 g/mol. The first kappa shape index (κ1) is 16.6. The maximum Gasteiger partial charge on any atom is 0.0488 e. The van der Waals surface area contributed by atoms with Gasteiger partial charge in [0.2, 0.25) is 0 Å². The summed E-state index contributed by atoms with van der Waals surface area (Å²) >= 11 is 0. The van der Waals surface area contributed by atoms with E-state index in [1.807, 2.05) is 0 Å². The number of para-hydroxylation sites is 4. The van der Waals surface area contributed by atoms with E-state index >= 15 is 0 Å². The molecule has 1 aliphatic heterocycles. The standard InChI is InChI=1S/C26H22N2/c1-27-23-15-7-3-11-19(23)21-13-5-9-17-25(21)28(2)26-18-10-6-14-22(26)20-12-4-8-16-24(20)27/h3-18H,1-2H3. The van der Waals surface area contributed by atoms with Gasteiger partial charge in [-0.05, 0) is 24.3 Å². The van der Waals surface area contributed by atoms with Gasteiger partial charge in [0.15, 0.2) is 0 Å². The molecule has 0 saturated carbocycles. The van der Waals surface area contributed by atoms with Crippen molar-refractivity contribution in [1.82, 2.24) is 0 Å². The molecule has 0 radical (unpaired) electrons. The molecule has 2 heteroatoms. The van der Waals surface area contributed by atoms with Gasteiger partial charge >= 0.3 is 0 Å². The zero-order valence-electron chi connectivity index (χ0n) is 16.1. The van der Waals surface area contributed by atoms with E-state index in [4.69, 9.17) is 0 Å². The molecule has 1 heterocycles. The van der Waals surface area contributed by atoms with Gasteiger partial charge in [-0.2, -0.15) is 0 Å². The Balaban J connectivity index is 1.92. The van der Waals surface area contributed by atoms with Crippen LogP contribution in [0, 0.1) is 0 Å². The lowest BCUT2D eigenvalue weighted by molar-refractivity contribution is 1.18. The second-order valence-electron chi connectivity index (χ2n) is 7.19. The number of rotatable bonds is 0. The molecular formula is C26H22N2. The summed E-state index contributed by atoms with van der Waals surface area (Å²) in [7, 11) is 4.32. The third-order valence-corrected chi connectivity index (χ3v) is 5.64. The van der Waals surface area contributed by atoms with Gasteiger partial charge in [-0.15, -0.1) is 0 Å². The molecule has 4 aromatic carbocycles. The highest BCUT2D eigenvalue weighted by atomic mass is 15.1. The van der Waals surface area contributed by atoms with Crippen molar-refractivity contribution >= 4 is 22.7 Å². The first-order valence-corrected chi connectivity index (χ1v) is 9.60. The lowest BCUT2D eigenvalue weighted by atomic mass is 9.95. The van der Waals surface area contributed by atoms with Crippen LogP contribution in [-0.2, 0) is 0 Å². The average molecular weight is 362 g/mol. The van der Waals surface area contributed by atoms with Gasteiger partial charge in [-0.1, -0.05) is 72.8 Å². The van der Waals surface area contributed by atoms with Gasteiger partial charge in [0.05, 0.1) is 0 Å². The quantitative estimate of drug-likeness (QED) is 0.337. The van der Waals surface area contributed by atoms with E-state index in [1.54, 1.807) is 0 Å². The van der Waals surface area contributed by atoms with Gasteiger partial charge in [-0.25, -0.2) is 0 Å². The molecule has 0 aromatic heterocycles. The Morgan fingerprint density at radius 3 is 0.821 bits per heavy atom. The summed E-state index contributed by atoms with van der Waals surface area (Å²) in [5.74, 6) is 0. The second kappa shape index (κ2) is 6.58. The Hall–Kier alpha value is -3.52. The van der Waals surface area contributed by atoms with Crippen molar-refractivity contribution < 1.29 is 0 Å². The summed E-state index contributed by atoms with van der Waals surface area (Å²) in [6.45, 7) is 0. The zero-order chi connectivity index (χ0) is 19.1. The Labute approximate surface area is 166 Å². The number of anilines is 4. The maximum absolute atomic E-state index is 2.31. The van der Waals surface area contributed by atoms with E-state index in [0.717, 1.165) is 0 Å². The largest absolute Gasteiger partial charge is 0.344 e. The van der Waals surface area contributed by atoms with Gasteiger partial charge in [0, 0.05) is 59.1 Å². The lowest BCUT2D eigenvalue weighted by Gasteiger charge is -2.31. The SMILES string of the molecule is CN1c2ccccc2-c2ccccc2N(C)c2ccccc2-c2ccccc21. The predicted octanol–water partition coefficient (Wildman–Crippen LogP) is 6.87. The van der Waals surface area contributed by atoms with Crippen molar-refractivity contribution in [2.45, 2.75) is 0 Å². The van der Waals surface area contributed by atoms with Crippen molar-refractivity contribution in [3.8, 4) is 22.3 Å². The summed E-state index contributed by atoms with van der Waals surface area (Å²) in [6.07, 6.45) is 0. The first-order valence-electron chi connectivity index (χ1n) is 9.60. The highest BCUT2D eigenvalue weighted by molar-refractivity contribution is 5.97. The molecule has 28 heavy (non-hydrogen) atoms. The second-order valence-corrected chi connectivity index (χ2v) is 7.19.